The standard InChI is InChI=1S/C27H32N4O4S/c1-4-30(5-2)23-14-12-22(13-15-23)20-28-29-27(32)21-31(24-16-18-25(19-17-24)35-6-3)36(33,34)26-10-8-7-9-11-26/h7-20H,4-6,21H2,1-3H3,(H,29,32). The second kappa shape index (κ2) is 12.7. The summed E-state index contributed by atoms with van der Waals surface area (Å²) in [6.07, 6.45) is 1.52. The predicted octanol–water partition coefficient (Wildman–Crippen LogP) is 4.28. The van der Waals surface area contributed by atoms with Crippen LogP contribution in [0.5, 0.6) is 5.75 Å². The maximum Gasteiger partial charge on any atom is 0.264 e. The summed E-state index contributed by atoms with van der Waals surface area (Å²) in [7, 11) is -3.99. The SMILES string of the molecule is CCOc1ccc(N(CC(=O)NN=Cc2ccc(N(CC)CC)cc2)S(=O)(=O)c2ccccc2)cc1. The van der Waals surface area contributed by atoms with Crippen LogP contribution in [0.3, 0.4) is 0 Å². The Morgan fingerprint density at radius 1 is 0.889 bits per heavy atom. The van der Waals surface area contributed by atoms with Gasteiger partial charge in [0.25, 0.3) is 15.9 Å². The van der Waals surface area contributed by atoms with Crippen molar-refractivity contribution in [2.24, 2.45) is 5.10 Å². The average Bonchev–Trinajstić information content (AvgIpc) is 2.90. The molecule has 0 radical (unpaired) electrons. The molecule has 9 heteroatoms. The molecule has 0 heterocycles. The molecule has 0 aromatic heterocycles. The Morgan fingerprint density at radius 2 is 1.50 bits per heavy atom. The summed E-state index contributed by atoms with van der Waals surface area (Å²) in [4.78, 5) is 15.0. The molecule has 0 aliphatic heterocycles. The molecule has 1 N–H and O–H groups in total. The number of hydrogen-bond acceptors (Lipinski definition) is 6. The lowest BCUT2D eigenvalue weighted by Crippen LogP contribution is -2.39. The van der Waals surface area contributed by atoms with Crippen LogP contribution in [0.1, 0.15) is 26.3 Å². The highest BCUT2D eigenvalue weighted by Gasteiger charge is 2.27. The molecule has 0 aliphatic rings. The molecule has 190 valence electrons. The van der Waals surface area contributed by atoms with Crippen LogP contribution in [0.25, 0.3) is 0 Å². The summed E-state index contributed by atoms with van der Waals surface area (Å²) in [5.41, 5.74) is 4.70. The van der Waals surface area contributed by atoms with E-state index in [0.717, 1.165) is 28.6 Å². The van der Waals surface area contributed by atoms with E-state index < -0.39 is 22.5 Å². The number of hydrazone groups is 1. The number of anilines is 2. The molecule has 0 unspecified atom stereocenters. The third kappa shape index (κ3) is 6.85. The van der Waals surface area contributed by atoms with Crippen molar-refractivity contribution in [2.75, 3.05) is 35.4 Å². The number of rotatable bonds is 12. The Bertz CT molecular complexity index is 1240. The topological polar surface area (TPSA) is 91.3 Å². The monoisotopic (exact) mass is 508 g/mol. The number of amides is 1. The Hall–Kier alpha value is -3.85. The third-order valence-corrected chi connectivity index (χ3v) is 7.27. The van der Waals surface area contributed by atoms with Gasteiger partial charge in [0.1, 0.15) is 12.3 Å². The molecule has 0 aliphatic carbocycles. The van der Waals surface area contributed by atoms with Crippen LogP contribution in [-0.2, 0) is 14.8 Å². The van der Waals surface area contributed by atoms with E-state index >= 15 is 0 Å². The van der Waals surface area contributed by atoms with Gasteiger partial charge in [-0.1, -0.05) is 30.3 Å². The minimum Gasteiger partial charge on any atom is -0.494 e. The molecule has 1 amide bonds. The van der Waals surface area contributed by atoms with Crippen LogP contribution in [0.15, 0.2) is 88.9 Å². The molecular weight excluding hydrogens is 476 g/mol. The van der Waals surface area contributed by atoms with E-state index in [1.54, 1.807) is 42.5 Å². The summed E-state index contributed by atoms with van der Waals surface area (Å²) in [6, 6.07) is 22.4. The zero-order valence-corrected chi connectivity index (χ0v) is 21.6. The summed E-state index contributed by atoms with van der Waals surface area (Å²) in [5.74, 6) is 0.0405. The maximum absolute atomic E-state index is 13.4. The Labute approximate surface area is 213 Å². The fraction of sp³-hybridized carbons (Fsp3) is 0.259. The lowest BCUT2D eigenvalue weighted by Gasteiger charge is -2.24. The van der Waals surface area contributed by atoms with Crippen molar-refractivity contribution in [3.05, 3.63) is 84.4 Å². The van der Waals surface area contributed by atoms with Crippen molar-refractivity contribution in [2.45, 2.75) is 25.7 Å². The second-order valence-corrected chi connectivity index (χ2v) is 9.67. The van der Waals surface area contributed by atoms with Gasteiger partial charge in [0.2, 0.25) is 0 Å². The Morgan fingerprint density at radius 3 is 2.08 bits per heavy atom. The van der Waals surface area contributed by atoms with E-state index in [-0.39, 0.29) is 4.90 Å². The zero-order valence-electron chi connectivity index (χ0n) is 20.8. The lowest BCUT2D eigenvalue weighted by molar-refractivity contribution is -0.119. The second-order valence-electron chi connectivity index (χ2n) is 7.81. The van der Waals surface area contributed by atoms with Gasteiger partial charge in [-0.15, -0.1) is 0 Å². The number of nitrogens with one attached hydrogen (secondary N) is 1. The molecule has 36 heavy (non-hydrogen) atoms. The van der Waals surface area contributed by atoms with E-state index in [1.807, 2.05) is 31.2 Å². The molecule has 8 nitrogen and oxygen atoms in total. The van der Waals surface area contributed by atoms with Gasteiger partial charge in [0.15, 0.2) is 0 Å². The van der Waals surface area contributed by atoms with E-state index in [2.05, 4.69) is 29.3 Å². The molecule has 0 fully saturated rings. The average molecular weight is 509 g/mol. The van der Waals surface area contributed by atoms with Gasteiger partial charge >= 0.3 is 0 Å². The van der Waals surface area contributed by atoms with Gasteiger partial charge in [-0.2, -0.15) is 5.10 Å². The predicted molar refractivity (Wildman–Crippen MR) is 144 cm³/mol. The highest BCUT2D eigenvalue weighted by atomic mass is 32.2. The van der Waals surface area contributed by atoms with Crippen LogP contribution in [0.4, 0.5) is 11.4 Å². The van der Waals surface area contributed by atoms with Crippen LogP contribution in [0, 0.1) is 0 Å². The third-order valence-electron chi connectivity index (χ3n) is 5.48. The molecule has 0 saturated carbocycles. The fourth-order valence-electron chi connectivity index (χ4n) is 3.61. The van der Waals surface area contributed by atoms with Crippen molar-refractivity contribution in [1.29, 1.82) is 0 Å². The molecule has 0 bridgehead atoms. The molecular formula is C27H32N4O4S. The molecule has 3 rings (SSSR count). The van der Waals surface area contributed by atoms with Gasteiger partial charge < -0.3 is 9.64 Å². The van der Waals surface area contributed by atoms with Crippen LogP contribution < -0.4 is 19.4 Å². The minimum absolute atomic E-state index is 0.0866. The quantitative estimate of drug-likeness (QED) is 0.291. The first-order valence-corrected chi connectivity index (χ1v) is 13.3. The lowest BCUT2D eigenvalue weighted by atomic mass is 10.2. The van der Waals surface area contributed by atoms with Gasteiger partial charge in [0.05, 0.1) is 23.4 Å². The van der Waals surface area contributed by atoms with Crippen LogP contribution >= 0.6 is 0 Å². The summed E-state index contributed by atoms with van der Waals surface area (Å²) in [5, 5.41) is 4.02. The van der Waals surface area contributed by atoms with Crippen LogP contribution in [0.2, 0.25) is 0 Å². The van der Waals surface area contributed by atoms with Crippen molar-refractivity contribution < 1.29 is 17.9 Å². The van der Waals surface area contributed by atoms with Crippen molar-refractivity contribution in [1.82, 2.24) is 5.43 Å². The van der Waals surface area contributed by atoms with Crippen molar-refractivity contribution >= 4 is 33.5 Å². The van der Waals surface area contributed by atoms with E-state index in [0.29, 0.717) is 18.0 Å². The number of benzene rings is 3. The number of ether oxygens (including phenoxy) is 1. The van der Waals surface area contributed by atoms with E-state index in [4.69, 9.17) is 4.74 Å². The molecule has 0 saturated heterocycles. The molecule has 3 aromatic rings. The van der Waals surface area contributed by atoms with Gasteiger partial charge in [-0.25, -0.2) is 13.8 Å². The summed E-state index contributed by atoms with van der Waals surface area (Å²) >= 11 is 0. The largest absolute Gasteiger partial charge is 0.494 e. The summed E-state index contributed by atoms with van der Waals surface area (Å²) < 4.78 is 33.3. The Kier molecular flexibility index (Phi) is 9.46. The molecule has 0 atom stereocenters. The fourth-order valence-corrected chi connectivity index (χ4v) is 5.06. The smallest absolute Gasteiger partial charge is 0.264 e. The first kappa shape index (κ1) is 26.7. The highest BCUT2D eigenvalue weighted by molar-refractivity contribution is 7.92. The number of hydrogen-bond donors (Lipinski definition) is 1. The first-order chi connectivity index (χ1) is 17.4. The number of nitrogens with zero attached hydrogens (tertiary/aromatic N) is 3. The Balaban J connectivity index is 1.75. The van der Waals surface area contributed by atoms with Gasteiger partial charge in [0, 0.05) is 18.8 Å². The van der Waals surface area contributed by atoms with Gasteiger partial charge in [-0.3, -0.25) is 9.10 Å². The number of carbonyl (C=O) groups excluding carboxylic acids is 1. The molecule has 3 aromatic carbocycles. The van der Waals surface area contributed by atoms with Crippen molar-refractivity contribution in [3.63, 3.8) is 0 Å². The number of carbonyl (C=O) groups is 1. The summed E-state index contributed by atoms with van der Waals surface area (Å²) in [6.45, 7) is 7.94. The van der Waals surface area contributed by atoms with E-state index in [9.17, 15) is 13.2 Å². The van der Waals surface area contributed by atoms with Crippen molar-refractivity contribution in [3.8, 4) is 5.75 Å². The zero-order chi connectivity index (χ0) is 26.0. The highest BCUT2D eigenvalue weighted by Crippen LogP contribution is 2.25. The number of sulfonamides is 1. The maximum atomic E-state index is 13.4. The van der Waals surface area contributed by atoms with E-state index in [1.165, 1.54) is 18.3 Å². The van der Waals surface area contributed by atoms with Crippen LogP contribution in [-0.4, -0.2) is 46.8 Å². The first-order valence-electron chi connectivity index (χ1n) is 11.9. The van der Waals surface area contributed by atoms with Gasteiger partial charge in [-0.05, 0) is 74.9 Å². The normalized spacial score (nSPS) is 11.3. The minimum atomic E-state index is -3.99. The molecule has 0 spiro atoms.